The smallest absolute Gasteiger partial charge is 0.424 e. The first kappa shape index (κ1) is 33.1. The first-order valence-electron chi connectivity index (χ1n) is 12.3. The summed E-state index contributed by atoms with van der Waals surface area (Å²) >= 11 is 11.7. The topological polar surface area (TPSA) is 110 Å². The second-order valence-electron chi connectivity index (χ2n) is 9.87. The predicted octanol–water partition coefficient (Wildman–Crippen LogP) is 5.68. The third-order valence-corrected chi connectivity index (χ3v) is 7.01. The lowest BCUT2D eigenvalue weighted by Gasteiger charge is -2.32. The highest BCUT2D eigenvalue weighted by molar-refractivity contribution is 6.31. The summed E-state index contributed by atoms with van der Waals surface area (Å²) in [7, 11) is 1.28. The van der Waals surface area contributed by atoms with E-state index in [1.807, 2.05) is 0 Å². The van der Waals surface area contributed by atoms with E-state index in [1.54, 1.807) is 13.8 Å². The van der Waals surface area contributed by atoms with Gasteiger partial charge in [0.2, 0.25) is 5.60 Å². The van der Waals surface area contributed by atoms with E-state index >= 15 is 0 Å². The van der Waals surface area contributed by atoms with E-state index in [0.29, 0.717) is 0 Å². The molecule has 3 N–H and O–H groups in total. The number of Topliss-reactive ketones (excluding diaryl/α,β-unsaturated/α-hetero) is 1. The number of nitrogens with zero attached hydrogens (tertiary/aromatic N) is 1. The molecule has 8 nitrogen and oxygen atoms in total. The van der Waals surface area contributed by atoms with Crippen LogP contribution in [0.25, 0.3) is 11.3 Å². The van der Waals surface area contributed by atoms with Gasteiger partial charge in [-0.15, -0.1) is 0 Å². The number of nitrogens with one attached hydrogen (secondary N) is 2. The summed E-state index contributed by atoms with van der Waals surface area (Å²) < 4.78 is 67.8. The fraction of sp³-hybridized carbons (Fsp3) is 0.321. The van der Waals surface area contributed by atoms with Crippen molar-refractivity contribution in [2.45, 2.75) is 38.1 Å². The average molecular weight is 632 g/mol. The molecule has 0 aliphatic rings. The maximum absolute atomic E-state index is 14.5. The number of ether oxygens (including phenoxy) is 2. The molecule has 0 bridgehead atoms. The molecule has 0 aliphatic carbocycles. The number of amides is 1. The molecule has 1 heterocycles. The van der Waals surface area contributed by atoms with Crippen molar-refractivity contribution < 1.29 is 41.7 Å². The second-order valence-corrected chi connectivity index (χ2v) is 10.5. The summed E-state index contributed by atoms with van der Waals surface area (Å²) in [5, 5.41) is 12.9. The van der Waals surface area contributed by atoms with Crippen LogP contribution in [0.3, 0.4) is 0 Å². The number of ketones is 1. The van der Waals surface area contributed by atoms with Gasteiger partial charge in [0.1, 0.15) is 12.4 Å². The molecule has 14 heteroatoms. The maximum atomic E-state index is 14.5. The van der Waals surface area contributed by atoms with Crippen molar-refractivity contribution in [1.82, 2.24) is 15.1 Å². The summed E-state index contributed by atoms with van der Waals surface area (Å²) in [6.07, 6.45) is -5.32. The summed E-state index contributed by atoms with van der Waals surface area (Å²) in [6, 6.07) is 9.68. The SMILES string of the molecule is COc1cc(C(=O)NC[C@](O)(c2cc(C(C)(C)NCl)cc(-c3ccc(F)c(Cl)c3)n2)C(F)(F)F)ccc1OCC(C)=O. The van der Waals surface area contributed by atoms with Crippen LogP contribution in [0.1, 0.15) is 42.4 Å². The molecule has 0 radical (unpaired) electrons. The van der Waals surface area contributed by atoms with Crippen molar-refractivity contribution in [2.75, 3.05) is 20.3 Å². The van der Waals surface area contributed by atoms with Crippen LogP contribution in [0.2, 0.25) is 5.02 Å². The van der Waals surface area contributed by atoms with E-state index < -0.39 is 41.3 Å². The van der Waals surface area contributed by atoms with Gasteiger partial charge < -0.3 is 19.9 Å². The van der Waals surface area contributed by atoms with Gasteiger partial charge in [-0.2, -0.15) is 13.2 Å². The van der Waals surface area contributed by atoms with E-state index in [4.69, 9.17) is 32.9 Å². The highest BCUT2D eigenvalue weighted by Crippen LogP contribution is 2.40. The van der Waals surface area contributed by atoms with Crippen molar-refractivity contribution in [2.24, 2.45) is 0 Å². The number of benzene rings is 2. The summed E-state index contributed by atoms with van der Waals surface area (Å²) in [6.45, 7) is 2.88. The van der Waals surface area contributed by atoms with Gasteiger partial charge in [-0.25, -0.2) is 14.2 Å². The van der Waals surface area contributed by atoms with Crippen molar-refractivity contribution in [3.63, 3.8) is 0 Å². The van der Waals surface area contributed by atoms with Crippen LogP contribution in [-0.4, -0.2) is 48.2 Å². The molecule has 1 amide bonds. The van der Waals surface area contributed by atoms with Crippen LogP contribution in [0, 0.1) is 5.82 Å². The minimum absolute atomic E-state index is 0.0581. The minimum atomic E-state index is -5.32. The van der Waals surface area contributed by atoms with Crippen LogP contribution in [-0.2, 0) is 15.9 Å². The van der Waals surface area contributed by atoms with Crippen molar-refractivity contribution >= 4 is 35.1 Å². The van der Waals surface area contributed by atoms with Crippen LogP contribution in [0.5, 0.6) is 11.5 Å². The summed E-state index contributed by atoms with van der Waals surface area (Å²) in [5.41, 5.74) is -5.45. The van der Waals surface area contributed by atoms with Gasteiger partial charge in [-0.05, 0) is 86.6 Å². The van der Waals surface area contributed by atoms with E-state index in [0.717, 1.165) is 12.1 Å². The Morgan fingerprint density at radius 3 is 2.31 bits per heavy atom. The van der Waals surface area contributed by atoms with Crippen LogP contribution in [0.15, 0.2) is 48.5 Å². The number of rotatable bonds is 11. The summed E-state index contributed by atoms with van der Waals surface area (Å²) in [5.74, 6) is -1.79. The Morgan fingerprint density at radius 2 is 1.74 bits per heavy atom. The fourth-order valence-corrected chi connectivity index (χ4v) is 4.00. The van der Waals surface area contributed by atoms with Gasteiger partial charge in [0.25, 0.3) is 5.91 Å². The number of hydrogen-bond donors (Lipinski definition) is 3. The normalized spacial score (nSPS) is 13.3. The van der Waals surface area contributed by atoms with Crippen LogP contribution in [0.4, 0.5) is 17.6 Å². The van der Waals surface area contributed by atoms with Crippen molar-refractivity contribution in [3.05, 3.63) is 76.2 Å². The number of halogens is 6. The van der Waals surface area contributed by atoms with Crippen LogP contribution >= 0.6 is 23.4 Å². The average Bonchev–Trinajstić information content (AvgIpc) is 2.94. The lowest BCUT2D eigenvalue weighted by Crippen LogP contribution is -2.51. The number of carbonyl (C=O) groups is 2. The van der Waals surface area contributed by atoms with Gasteiger partial charge >= 0.3 is 6.18 Å². The Morgan fingerprint density at radius 1 is 1.05 bits per heavy atom. The van der Waals surface area contributed by atoms with Crippen molar-refractivity contribution in [1.29, 1.82) is 0 Å². The van der Waals surface area contributed by atoms with Gasteiger partial charge in [-0.3, -0.25) is 9.59 Å². The number of pyridine rings is 1. The molecule has 3 aromatic rings. The van der Waals surface area contributed by atoms with Crippen molar-refractivity contribution in [3.8, 4) is 22.8 Å². The predicted molar refractivity (Wildman–Crippen MR) is 148 cm³/mol. The molecule has 42 heavy (non-hydrogen) atoms. The Balaban J connectivity index is 2.03. The van der Waals surface area contributed by atoms with Gasteiger partial charge in [0.05, 0.1) is 35.6 Å². The largest absolute Gasteiger partial charge is 0.493 e. The molecule has 0 fully saturated rings. The Bertz CT molecular complexity index is 1490. The molecule has 226 valence electrons. The zero-order valence-corrected chi connectivity index (χ0v) is 24.3. The molecule has 1 aromatic heterocycles. The highest BCUT2D eigenvalue weighted by Gasteiger charge is 2.56. The number of carbonyl (C=O) groups excluding carboxylic acids is 2. The Kier molecular flexibility index (Phi) is 10.1. The third-order valence-electron chi connectivity index (χ3n) is 6.25. The standard InChI is InChI=1S/C28H27Cl2F4N3O5/c1-15(38)13-42-22-8-6-17(10-23(22)41-4)25(39)35-14-27(40,28(32,33)34)24-12-18(26(2,3)37-30)11-21(36-24)16-5-7-20(31)19(29)9-16/h5-12,37,40H,13-14H2,1-4H3,(H,35,39)/t27-/m0/s1. The monoisotopic (exact) mass is 631 g/mol. The quantitative estimate of drug-likeness (QED) is 0.185. The number of aromatic nitrogens is 1. The minimum Gasteiger partial charge on any atom is -0.493 e. The van der Waals surface area contributed by atoms with Gasteiger partial charge in [0.15, 0.2) is 17.3 Å². The fourth-order valence-electron chi connectivity index (χ4n) is 3.71. The van der Waals surface area contributed by atoms with E-state index in [-0.39, 0.29) is 51.3 Å². The number of hydrogen-bond acceptors (Lipinski definition) is 7. The zero-order chi connectivity index (χ0) is 31.5. The number of aliphatic hydroxyl groups is 1. The molecule has 0 spiro atoms. The molecule has 3 rings (SSSR count). The molecule has 2 aromatic carbocycles. The van der Waals surface area contributed by atoms with Crippen LogP contribution < -0.4 is 19.6 Å². The molecule has 0 aliphatic heterocycles. The summed E-state index contributed by atoms with van der Waals surface area (Å²) in [4.78, 5) is 30.6. The molecular formula is C28H27Cl2F4N3O5. The third kappa shape index (κ3) is 7.30. The molecule has 0 unspecified atom stereocenters. The lowest BCUT2D eigenvalue weighted by molar-refractivity contribution is -0.265. The molecular weight excluding hydrogens is 605 g/mol. The molecule has 0 saturated heterocycles. The van der Waals surface area contributed by atoms with Gasteiger partial charge in [-0.1, -0.05) is 11.6 Å². The first-order chi connectivity index (χ1) is 19.5. The number of alkyl halides is 3. The number of methoxy groups -OCH3 is 1. The maximum Gasteiger partial charge on any atom is 0.424 e. The van der Waals surface area contributed by atoms with Gasteiger partial charge in [0, 0.05) is 11.1 Å². The lowest BCUT2D eigenvalue weighted by atomic mass is 9.89. The first-order valence-corrected chi connectivity index (χ1v) is 13.0. The Labute approximate surface area is 249 Å². The highest BCUT2D eigenvalue weighted by atomic mass is 35.5. The molecule has 0 saturated carbocycles. The van der Waals surface area contributed by atoms with E-state index in [1.165, 1.54) is 50.4 Å². The van der Waals surface area contributed by atoms with E-state index in [9.17, 15) is 32.3 Å². The van der Waals surface area contributed by atoms with E-state index in [2.05, 4.69) is 15.1 Å². The zero-order valence-electron chi connectivity index (χ0n) is 22.8. The Hall–Kier alpha value is -3.45. The molecule has 1 atom stereocenters. The second kappa shape index (κ2) is 12.8.